The third kappa shape index (κ3) is 5.63. The molecule has 0 saturated heterocycles. The summed E-state index contributed by atoms with van der Waals surface area (Å²) in [6, 6.07) is 10.3. The van der Waals surface area contributed by atoms with Crippen LogP contribution in [0.15, 0.2) is 47.6 Å². The van der Waals surface area contributed by atoms with Gasteiger partial charge in [0.25, 0.3) is 0 Å². The number of nitriles is 1. The Hall–Kier alpha value is -2.80. The van der Waals surface area contributed by atoms with Gasteiger partial charge in [0.1, 0.15) is 10.9 Å². The van der Waals surface area contributed by atoms with Crippen molar-refractivity contribution >= 4 is 44.5 Å². The average molecular weight is 515 g/mol. The third-order valence-corrected chi connectivity index (χ3v) is 8.58. The van der Waals surface area contributed by atoms with Crippen LogP contribution in [0.3, 0.4) is 0 Å². The zero-order valence-corrected chi connectivity index (χ0v) is 20.9. The molecule has 0 bridgehead atoms. The molecule has 1 N–H and O–H groups in total. The van der Waals surface area contributed by atoms with Gasteiger partial charge in [0, 0.05) is 6.26 Å². The Balaban J connectivity index is 1.56. The molecule has 4 rings (SSSR count). The average Bonchev–Trinajstić information content (AvgIpc) is 3.49. The van der Waals surface area contributed by atoms with E-state index in [1.807, 2.05) is 6.07 Å². The normalized spacial score (nSPS) is 15.1. The minimum Gasteiger partial charge on any atom is -0.309 e. The molecule has 1 saturated carbocycles. The van der Waals surface area contributed by atoms with Crippen molar-refractivity contribution in [2.45, 2.75) is 42.9 Å². The number of carbonyl (C=O) groups is 1. The van der Waals surface area contributed by atoms with Crippen LogP contribution in [-0.4, -0.2) is 30.5 Å². The molecule has 1 unspecified atom stereocenters. The first-order valence-corrected chi connectivity index (χ1v) is 14.0. The molecule has 1 aliphatic carbocycles. The number of thiophene rings is 1. The summed E-state index contributed by atoms with van der Waals surface area (Å²) < 4.78 is 23.9. The van der Waals surface area contributed by atoms with Crippen LogP contribution >= 0.6 is 22.9 Å². The van der Waals surface area contributed by atoms with Crippen LogP contribution in [0.4, 0.5) is 5.82 Å². The largest absolute Gasteiger partial charge is 0.309 e. The summed E-state index contributed by atoms with van der Waals surface area (Å²) in [7, 11) is -3.46. The van der Waals surface area contributed by atoms with Gasteiger partial charge in [0.15, 0.2) is 15.7 Å². The lowest BCUT2D eigenvalue weighted by atomic mass is 9.87. The molecular formula is C24H23ClN4O3S2. The lowest BCUT2D eigenvalue weighted by molar-refractivity contribution is -0.118. The smallest absolute Gasteiger partial charge is 0.233 e. The van der Waals surface area contributed by atoms with E-state index in [1.165, 1.54) is 23.6 Å². The Morgan fingerprint density at radius 2 is 2.00 bits per heavy atom. The van der Waals surface area contributed by atoms with Gasteiger partial charge in [-0.1, -0.05) is 43.4 Å². The van der Waals surface area contributed by atoms with Gasteiger partial charge in [-0.2, -0.15) is 5.26 Å². The Morgan fingerprint density at radius 1 is 1.24 bits per heavy atom. The SMILES string of the molecule is CS(=O)(=O)c1ccc(C(CC2CCCC2)C(=O)Nc2cnc(-c3ccc(C#N)s3)cn2)cc1Cl. The van der Waals surface area contributed by atoms with E-state index >= 15 is 0 Å². The van der Waals surface area contributed by atoms with Crippen molar-refractivity contribution in [1.82, 2.24) is 9.97 Å². The summed E-state index contributed by atoms with van der Waals surface area (Å²) in [4.78, 5) is 23.5. The van der Waals surface area contributed by atoms with Crippen molar-refractivity contribution < 1.29 is 13.2 Å². The molecule has 176 valence electrons. The summed E-state index contributed by atoms with van der Waals surface area (Å²) in [5, 5.41) is 12.0. The highest BCUT2D eigenvalue weighted by atomic mass is 35.5. The van der Waals surface area contributed by atoms with Gasteiger partial charge in [0.2, 0.25) is 5.91 Å². The van der Waals surface area contributed by atoms with Crippen LogP contribution < -0.4 is 5.32 Å². The van der Waals surface area contributed by atoms with Crippen LogP contribution in [0.2, 0.25) is 5.02 Å². The fraction of sp³-hybridized carbons (Fsp3) is 0.333. The van der Waals surface area contributed by atoms with Crippen molar-refractivity contribution in [3.05, 3.63) is 58.2 Å². The number of halogens is 1. The number of rotatable bonds is 7. The monoisotopic (exact) mass is 514 g/mol. The lowest BCUT2D eigenvalue weighted by Gasteiger charge is -2.21. The molecule has 10 heteroatoms. The van der Waals surface area contributed by atoms with Gasteiger partial charge >= 0.3 is 0 Å². The molecule has 34 heavy (non-hydrogen) atoms. The first-order chi connectivity index (χ1) is 16.2. The standard InChI is InChI=1S/C24H23ClN4O3S2/c1-34(31,32)22-9-6-16(11-19(22)25)18(10-15-4-2-3-5-15)24(30)29-23-14-27-20(13-28-23)21-8-7-17(12-26)33-21/h6-9,11,13-15,18H,2-5,10H2,1H3,(H,28,29,30). The van der Waals surface area contributed by atoms with E-state index in [4.69, 9.17) is 16.9 Å². The van der Waals surface area contributed by atoms with E-state index in [-0.39, 0.29) is 15.8 Å². The molecule has 1 atom stereocenters. The highest BCUT2D eigenvalue weighted by Crippen LogP contribution is 2.36. The lowest BCUT2D eigenvalue weighted by Crippen LogP contribution is -2.24. The van der Waals surface area contributed by atoms with Crippen LogP contribution in [0, 0.1) is 17.2 Å². The highest BCUT2D eigenvalue weighted by molar-refractivity contribution is 7.90. The van der Waals surface area contributed by atoms with Crippen LogP contribution in [0.1, 0.15) is 48.5 Å². The minimum absolute atomic E-state index is 0.0486. The van der Waals surface area contributed by atoms with E-state index in [2.05, 4.69) is 21.4 Å². The molecule has 1 fully saturated rings. The van der Waals surface area contributed by atoms with Crippen molar-refractivity contribution in [3.8, 4) is 16.6 Å². The predicted molar refractivity (Wildman–Crippen MR) is 133 cm³/mol. The van der Waals surface area contributed by atoms with E-state index < -0.39 is 15.8 Å². The number of benzene rings is 1. The van der Waals surface area contributed by atoms with Gasteiger partial charge in [-0.05, 0) is 42.2 Å². The molecule has 0 radical (unpaired) electrons. The number of sulfone groups is 1. The molecular weight excluding hydrogens is 492 g/mol. The number of carbonyl (C=O) groups excluding carboxylic acids is 1. The molecule has 0 spiro atoms. The molecule has 7 nitrogen and oxygen atoms in total. The van der Waals surface area contributed by atoms with Gasteiger partial charge in [-0.3, -0.25) is 4.79 Å². The summed E-state index contributed by atoms with van der Waals surface area (Å²) in [6.45, 7) is 0. The molecule has 3 aromatic rings. The second-order valence-corrected chi connectivity index (χ2v) is 11.9. The second-order valence-electron chi connectivity index (χ2n) is 8.45. The molecule has 1 aliphatic rings. The molecule has 1 aromatic carbocycles. The van der Waals surface area contributed by atoms with Crippen molar-refractivity contribution in [3.63, 3.8) is 0 Å². The van der Waals surface area contributed by atoms with E-state index in [0.29, 0.717) is 34.3 Å². The zero-order valence-electron chi connectivity index (χ0n) is 18.5. The maximum atomic E-state index is 13.3. The Labute approximate surface area is 207 Å². The quantitative estimate of drug-likeness (QED) is 0.449. The van der Waals surface area contributed by atoms with Crippen LogP contribution in [-0.2, 0) is 14.6 Å². The Bertz CT molecular complexity index is 1340. The molecule has 1 amide bonds. The van der Waals surface area contributed by atoms with E-state index in [9.17, 15) is 13.2 Å². The number of anilines is 1. The first-order valence-electron chi connectivity index (χ1n) is 10.9. The zero-order chi connectivity index (χ0) is 24.3. The number of nitrogens with one attached hydrogen (secondary N) is 1. The van der Waals surface area contributed by atoms with Crippen molar-refractivity contribution in [2.75, 3.05) is 11.6 Å². The first kappa shape index (κ1) is 24.3. The van der Waals surface area contributed by atoms with Gasteiger partial charge < -0.3 is 5.32 Å². The van der Waals surface area contributed by atoms with E-state index in [1.54, 1.807) is 24.4 Å². The Morgan fingerprint density at radius 3 is 2.59 bits per heavy atom. The van der Waals surface area contributed by atoms with Crippen molar-refractivity contribution in [2.24, 2.45) is 5.92 Å². The number of aromatic nitrogens is 2. The van der Waals surface area contributed by atoms with E-state index in [0.717, 1.165) is 36.8 Å². The second kappa shape index (κ2) is 10.2. The van der Waals surface area contributed by atoms with Gasteiger partial charge in [0.05, 0.1) is 38.8 Å². The fourth-order valence-corrected chi connectivity index (χ4v) is 6.38. The molecule has 2 heterocycles. The minimum atomic E-state index is -3.46. The molecule has 0 aliphatic heterocycles. The highest BCUT2D eigenvalue weighted by Gasteiger charge is 2.28. The number of hydrogen-bond donors (Lipinski definition) is 1. The summed E-state index contributed by atoms with van der Waals surface area (Å²) >= 11 is 7.60. The fourth-order valence-electron chi connectivity index (χ4n) is 4.28. The van der Waals surface area contributed by atoms with Crippen molar-refractivity contribution in [1.29, 1.82) is 5.26 Å². The summed E-state index contributed by atoms with van der Waals surface area (Å²) in [5.41, 5.74) is 1.30. The third-order valence-electron chi connectivity index (χ3n) is 5.99. The summed E-state index contributed by atoms with van der Waals surface area (Å²) in [5.74, 6) is 0.0120. The number of hydrogen-bond acceptors (Lipinski definition) is 7. The molecule has 2 aromatic heterocycles. The number of nitrogens with zero attached hydrogens (tertiary/aromatic N) is 3. The van der Waals surface area contributed by atoms with Gasteiger partial charge in [-0.15, -0.1) is 11.3 Å². The summed E-state index contributed by atoms with van der Waals surface area (Å²) in [6.07, 6.45) is 9.25. The predicted octanol–water partition coefficient (Wildman–Crippen LogP) is 5.44. The number of amides is 1. The topological polar surface area (TPSA) is 113 Å². The Kier molecular flexibility index (Phi) is 7.31. The van der Waals surface area contributed by atoms with Crippen LogP contribution in [0.25, 0.3) is 10.6 Å². The van der Waals surface area contributed by atoms with Crippen LogP contribution in [0.5, 0.6) is 0 Å². The maximum absolute atomic E-state index is 13.3. The van der Waals surface area contributed by atoms with Gasteiger partial charge in [-0.25, -0.2) is 18.4 Å². The maximum Gasteiger partial charge on any atom is 0.233 e.